The largest absolute Gasteiger partial charge is 0.368 e. The summed E-state index contributed by atoms with van der Waals surface area (Å²) < 4.78 is 4.89. The highest BCUT2D eigenvalue weighted by molar-refractivity contribution is 4.80. The maximum absolute atomic E-state index is 9.00. The second-order valence-corrected chi connectivity index (χ2v) is 2.03. The zero-order chi connectivity index (χ0) is 7.82. The fourth-order valence-electron chi connectivity index (χ4n) is 0.640. The van der Waals surface area contributed by atoms with E-state index in [1.807, 2.05) is 19.1 Å². The molecule has 0 bridgehead atoms. The van der Waals surface area contributed by atoms with Crippen molar-refractivity contribution < 1.29 is 9.84 Å². The lowest BCUT2D eigenvalue weighted by Crippen LogP contribution is -2.09. The summed E-state index contributed by atoms with van der Waals surface area (Å²) in [6, 6.07) is 0. The van der Waals surface area contributed by atoms with Gasteiger partial charge in [0.05, 0.1) is 0 Å². The Kier molecular flexibility index (Phi) is 6.55. The van der Waals surface area contributed by atoms with Crippen LogP contribution >= 0.6 is 0 Å². The molecule has 0 saturated carbocycles. The quantitative estimate of drug-likeness (QED) is 0.470. The summed E-state index contributed by atoms with van der Waals surface area (Å²) in [6.07, 6.45) is 4.94. The molecule has 0 spiro atoms. The molecule has 0 saturated heterocycles. The third kappa shape index (κ3) is 5.79. The molecule has 0 aromatic rings. The minimum Gasteiger partial charge on any atom is -0.368 e. The molecule has 0 aliphatic carbocycles. The van der Waals surface area contributed by atoms with E-state index in [0.717, 1.165) is 6.42 Å². The molecule has 1 unspecified atom stereocenters. The third-order valence-electron chi connectivity index (χ3n) is 1.10. The summed E-state index contributed by atoms with van der Waals surface area (Å²) in [5.41, 5.74) is 0. The second-order valence-electron chi connectivity index (χ2n) is 2.03. The van der Waals surface area contributed by atoms with Crippen LogP contribution in [-0.2, 0) is 4.74 Å². The van der Waals surface area contributed by atoms with E-state index in [4.69, 9.17) is 9.84 Å². The van der Waals surface area contributed by atoms with Gasteiger partial charge in [0.1, 0.15) is 0 Å². The number of ether oxygens (including phenoxy) is 1. The van der Waals surface area contributed by atoms with Crippen LogP contribution in [0.25, 0.3) is 0 Å². The van der Waals surface area contributed by atoms with E-state index in [1.54, 1.807) is 0 Å². The van der Waals surface area contributed by atoms with Gasteiger partial charge in [-0.05, 0) is 13.3 Å². The SMILES string of the molecule is CC/C=C\CC(O)OCC. The zero-order valence-electron chi connectivity index (χ0n) is 6.71. The summed E-state index contributed by atoms with van der Waals surface area (Å²) in [6.45, 7) is 4.50. The van der Waals surface area contributed by atoms with Crippen molar-refractivity contribution in [1.29, 1.82) is 0 Å². The van der Waals surface area contributed by atoms with E-state index in [0.29, 0.717) is 13.0 Å². The molecular formula is C8H16O2. The lowest BCUT2D eigenvalue weighted by molar-refractivity contribution is -0.0911. The first-order chi connectivity index (χ1) is 4.81. The molecule has 1 atom stereocenters. The normalized spacial score (nSPS) is 14.3. The van der Waals surface area contributed by atoms with Crippen LogP contribution in [0.1, 0.15) is 26.7 Å². The van der Waals surface area contributed by atoms with Gasteiger partial charge in [-0.15, -0.1) is 0 Å². The van der Waals surface area contributed by atoms with Crippen LogP contribution in [-0.4, -0.2) is 18.0 Å². The monoisotopic (exact) mass is 144 g/mol. The Hall–Kier alpha value is -0.340. The fourth-order valence-corrected chi connectivity index (χ4v) is 0.640. The molecule has 0 radical (unpaired) electrons. The van der Waals surface area contributed by atoms with Crippen molar-refractivity contribution in [3.8, 4) is 0 Å². The van der Waals surface area contributed by atoms with Gasteiger partial charge >= 0.3 is 0 Å². The molecule has 0 aliphatic heterocycles. The Labute approximate surface area is 62.5 Å². The molecule has 1 N–H and O–H groups in total. The maximum atomic E-state index is 9.00. The van der Waals surface area contributed by atoms with Gasteiger partial charge in [-0.3, -0.25) is 0 Å². The first-order valence-electron chi connectivity index (χ1n) is 3.75. The van der Waals surface area contributed by atoms with Crippen LogP contribution in [0, 0.1) is 0 Å². The Morgan fingerprint density at radius 2 is 2.10 bits per heavy atom. The third-order valence-corrected chi connectivity index (χ3v) is 1.10. The van der Waals surface area contributed by atoms with Gasteiger partial charge in [0.25, 0.3) is 0 Å². The maximum Gasteiger partial charge on any atom is 0.157 e. The average Bonchev–Trinajstić information content (AvgIpc) is 1.89. The van der Waals surface area contributed by atoms with Crippen LogP contribution in [0.15, 0.2) is 12.2 Å². The smallest absolute Gasteiger partial charge is 0.157 e. The van der Waals surface area contributed by atoms with E-state index >= 15 is 0 Å². The Morgan fingerprint density at radius 3 is 2.60 bits per heavy atom. The molecule has 60 valence electrons. The van der Waals surface area contributed by atoms with E-state index in [9.17, 15) is 0 Å². The molecule has 2 heteroatoms. The first-order valence-corrected chi connectivity index (χ1v) is 3.75. The summed E-state index contributed by atoms with van der Waals surface area (Å²) in [4.78, 5) is 0. The van der Waals surface area contributed by atoms with Gasteiger partial charge in [-0.2, -0.15) is 0 Å². The second kappa shape index (κ2) is 6.78. The van der Waals surface area contributed by atoms with Gasteiger partial charge < -0.3 is 9.84 Å². The van der Waals surface area contributed by atoms with E-state index in [2.05, 4.69) is 6.92 Å². The van der Waals surface area contributed by atoms with E-state index < -0.39 is 6.29 Å². The van der Waals surface area contributed by atoms with Crippen LogP contribution < -0.4 is 0 Å². The Morgan fingerprint density at radius 1 is 1.40 bits per heavy atom. The van der Waals surface area contributed by atoms with Crippen molar-refractivity contribution in [2.75, 3.05) is 6.61 Å². The highest BCUT2D eigenvalue weighted by atomic mass is 16.6. The van der Waals surface area contributed by atoms with Crippen molar-refractivity contribution in [3.63, 3.8) is 0 Å². The summed E-state index contributed by atoms with van der Waals surface area (Å²) in [5, 5.41) is 9.00. The molecular weight excluding hydrogens is 128 g/mol. The Bertz CT molecular complexity index is 89.3. The first kappa shape index (κ1) is 9.66. The molecule has 0 fully saturated rings. The summed E-state index contributed by atoms with van der Waals surface area (Å²) >= 11 is 0. The molecule has 0 aromatic carbocycles. The van der Waals surface area contributed by atoms with Crippen LogP contribution in [0.5, 0.6) is 0 Å². The standard InChI is InChI=1S/C8H16O2/c1-3-5-6-7-8(9)10-4-2/h5-6,8-9H,3-4,7H2,1-2H3/b6-5-. The number of aliphatic hydroxyl groups excluding tert-OH is 1. The van der Waals surface area contributed by atoms with Crippen LogP contribution in [0.2, 0.25) is 0 Å². The van der Waals surface area contributed by atoms with Crippen molar-refractivity contribution in [3.05, 3.63) is 12.2 Å². The number of allylic oxidation sites excluding steroid dienone is 1. The predicted molar refractivity (Wildman–Crippen MR) is 41.7 cm³/mol. The summed E-state index contributed by atoms with van der Waals surface area (Å²) in [5.74, 6) is 0. The molecule has 0 amide bonds. The highest BCUT2D eigenvalue weighted by Crippen LogP contribution is 1.95. The van der Waals surface area contributed by atoms with Crippen molar-refractivity contribution in [1.82, 2.24) is 0 Å². The van der Waals surface area contributed by atoms with Gasteiger partial charge in [0.2, 0.25) is 0 Å². The topological polar surface area (TPSA) is 29.5 Å². The molecule has 0 aromatic heterocycles. The average molecular weight is 144 g/mol. The summed E-state index contributed by atoms with van der Waals surface area (Å²) in [7, 11) is 0. The van der Waals surface area contributed by atoms with Crippen molar-refractivity contribution in [2.45, 2.75) is 33.0 Å². The van der Waals surface area contributed by atoms with Crippen LogP contribution in [0.3, 0.4) is 0 Å². The van der Waals surface area contributed by atoms with E-state index in [1.165, 1.54) is 0 Å². The van der Waals surface area contributed by atoms with Gasteiger partial charge in [0.15, 0.2) is 6.29 Å². The lowest BCUT2D eigenvalue weighted by atomic mass is 10.3. The Balaban J connectivity index is 3.20. The fraction of sp³-hybridized carbons (Fsp3) is 0.750. The number of hydrogen-bond acceptors (Lipinski definition) is 2. The molecule has 10 heavy (non-hydrogen) atoms. The predicted octanol–water partition coefficient (Wildman–Crippen LogP) is 1.70. The van der Waals surface area contributed by atoms with Crippen molar-refractivity contribution >= 4 is 0 Å². The zero-order valence-corrected chi connectivity index (χ0v) is 6.71. The highest BCUT2D eigenvalue weighted by Gasteiger charge is 1.96. The number of aliphatic hydroxyl groups is 1. The lowest BCUT2D eigenvalue weighted by Gasteiger charge is -2.05. The number of hydrogen-bond donors (Lipinski definition) is 1. The minimum absolute atomic E-state index is 0.571. The molecule has 0 rings (SSSR count). The van der Waals surface area contributed by atoms with Gasteiger partial charge in [0, 0.05) is 13.0 Å². The minimum atomic E-state index is -0.618. The van der Waals surface area contributed by atoms with Gasteiger partial charge in [-0.1, -0.05) is 19.1 Å². The molecule has 0 heterocycles. The molecule has 2 nitrogen and oxygen atoms in total. The van der Waals surface area contributed by atoms with E-state index in [-0.39, 0.29) is 0 Å². The number of rotatable bonds is 5. The molecule has 0 aliphatic rings. The van der Waals surface area contributed by atoms with Crippen molar-refractivity contribution in [2.24, 2.45) is 0 Å². The van der Waals surface area contributed by atoms with Crippen LogP contribution in [0.4, 0.5) is 0 Å². The van der Waals surface area contributed by atoms with Gasteiger partial charge in [-0.25, -0.2) is 0 Å².